The molecule has 134 valence electrons. The van der Waals surface area contributed by atoms with E-state index in [1.165, 1.54) is 4.92 Å². The molecule has 2 aromatic carbocycles. The second-order valence-corrected chi connectivity index (χ2v) is 8.70. The van der Waals surface area contributed by atoms with Crippen LogP contribution in [0.15, 0.2) is 59.1 Å². The fraction of sp³-hybridized carbons (Fsp3) is 0.158. The van der Waals surface area contributed by atoms with E-state index in [0.717, 1.165) is 21.1 Å². The predicted molar refractivity (Wildman–Crippen MR) is 105 cm³/mol. The molecule has 4 nitrogen and oxygen atoms in total. The molecule has 0 aromatic heterocycles. The van der Waals surface area contributed by atoms with E-state index < -0.39 is 7.05 Å². The number of halogens is 1. The summed E-state index contributed by atoms with van der Waals surface area (Å²) >= 11 is 1.43. The maximum atomic E-state index is 12.9. The number of nitrogens with zero attached hydrogens (tertiary/aromatic N) is 2. The molecule has 1 amide bonds. The second kappa shape index (κ2) is 8.88. The predicted octanol–water partition coefficient (Wildman–Crippen LogP) is -0.828. The molecule has 2 aromatic rings. The molecule has 1 heterocycles. The van der Waals surface area contributed by atoms with Crippen LogP contribution in [-0.2, 0) is 6.42 Å². The Balaban J connectivity index is 1.86. The molecule has 3 rings (SSSR count). The fourth-order valence-corrected chi connectivity index (χ4v) is 4.63. The van der Waals surface area contributed by atoms with Crippen LogP contribution in [-0.4, -0.2) is 40.3 Å². The summed E-state index contributed by atoms with van der Waals surface area (Å²) < 4.78 is 1.06. The summed E-state index contributed by atoms with van der Waals surface area (Å²) in [6.45, 7) is 0. The van der Waals surface area contributed by atoms with Crippen molar-refractivity contribution < 1.29 is 31.0 Å². The Labute approximate surface area is 168 Å². The minimum atomic E-state index is -1.07. The number of alkyl halides is 1. The van der Waals surface area contributed by atoms with Crippen LogP contribution in [0.3, 0.4) is 0 Å². The first-order chi connectivity index (χ1) is 12.7. The summed E-state index contributed by atoms with van der Waals surface area (Å²) in [4.78, 5) is 16.2. The van der Waals surface area contributed by atoms with E-state index in [9.17, 15) is 9.82 Å². The van der Waals surface area contributed by atoms with E-state index in [0.29, 0.717) is 11.0 Å². The number of amides is 1. The Morgan fingerprint density at radius 1 is 1.35 bits per heavy atom. The van der Waals surface area contributed by atoms with Crippen molar-refractivity contribution in [2.45, 2.75) is 6.42 Å². The molecule has 26 heavy (non-hydrogen) atoms. The van der Waals surface area contributed by atoms with Crippen LogP contribution >= 0.6 is 11.8 Å². The van der Waals surface area contributed by atoms with Gasteiger partial charge in [0.05, 0.1) is 0 Å². The van der Waals surface area contributed by atoms with Crippen LogP contribution in [0.1, 0.15) is 21.5 Å². The van der Waals surface area contributed by atoms with Crippen LogP contribution in [0.4, 0.5) is 0 Å². The monoisotopic (exact) mass is 477 g/mol. The Hall–Kier alpha value is -1.58. The van der Waals surface area contributed by atoms with E-state index in [1.807, 2.05) is 42.7 Å². The normalized spacial score (nSPS) is 13.5. The third-order valence-electron chi connectivity index (χ3n) is 4.08. The topological polar surface area (TPSA) is 52.9 Å². The Morgan fingerprint density at radius 3 is 2.92 bits per heavy atom. The number of hydrogen-bond acceptors (Lipinski definition) is 4. The van der Waals surface area contributed by atoms with Crippen molar-refractivity contribution in [3.05, 3.63) is 74.2 Å². The van der Waals surface area contributed by atoms with Crippen molar-refractivity contribution in [3.8, 4) is 0 Å². The van der Waals surface area contributed by atoms with Gasteiger partial charge in [-0.2, -0.15) is 0 Å². The summed E-state index contributed by atoms with van der Waals surface area (Å²) in [5, 5.41) is 17.0. The molecule has 0 aliphatic carbocycles. The van der Waals surface area contributed by atoms with Gasteiger partial charge in [-0.25, -0.2) is 0 Å². The van der Waals surface area contributed by atoms with E-state index in [-0.39, 0.29) is 27.1 Å². The van der Waals surface area contributed by atoms with Crippen LogP contribution in [0.5, 0.6) is 0 Å². The van der Waals surface area contributed by atoms with Gasteiger partial charge in [0.25, 0.3) is 0 Å². The van der Waals surface area contributed by atoms with Gasteiger partial charge in [-0.15, -0.1) is 11.8 Å². The van der Waals surface area contributed by atoms with Gasteiger partial charge >= 0.3 is 151 Å². The molecule has 0 saturated carbocycles. The van der Waals surface area contributed by atoms with Gasteiger partial charge in [0.15, 0.2) is 0 Å². The Morgan fingerprint density at radius 2 is 2.15 bits per heavy atom. The Bertz CT molecular complexity index is 872. The first-order valence-corrected chi connectivity index (χ1v) is 12.6. The van der Waals surface area contributed by atoms with Gasteiger partial charge in [-0.05, 0) is 6.26 Å². The third-order valence-corrected chi connectivity index (χ3v) is 6.65. The van der Waals surface area contributed by atoms with Crippen molar-refractivity contribution >= 4 is 36.4 Å². The minimum absolute atomic E-state index is 0.238. The van der Waals surface area contributed by atoms with Gasteiger partial charge < -0.3 is 0 Å². The van der Waals surface area contributed by atoms with E-state index in [2.05, 4.69) is 21.5 Å². The molecule has 0 saturated heterocycles. The number of allylic oxidation sites excluding steroid dienone is 1. The first kappa shape index (κ1) is 19.2. The molecule has 0 bridgehead atoms. The summed E-state index contributed by atoms with van der Waals surface area (Å²) in [5.74, 6) is -0.261. The summed E-state index contributed by atoms with van der Waals surface area (Å²) in [5.41, 5.74) is 3.33. The molecule has 0 spiro atoms. The zero-order valence-corrected chi connectivity index (χ0v) is 17.6. The number of hydrogen-bond donors (Lipinski definition) is 1. The fourth-order valence-electron chi connectivity index (χ4n) is 2.78. The van der Waals surface area contributed by atoms with Crippen molar-refractivity contribution in [3.63, 3.8) is 0 Å². The second-order valence-electron chi connectivity index (χ2n) is 5.71. The molecule has 1 aliphatic heterocycles. The van der Waals surface area contributed by atoms with Crippen molar-refractivity contribution in [1.29, 1.82) is 0 Å². The SMILES string of the molecule is CS/C=C/Cc1ccc2c(c1)C=NN(C(=O)c1ccccc1[I-]C)B2O. The van der Waals surface area contributed by atoms with Gasteiger partial charge in [0, 0.05) is 0 Å². The van der Waals surface area contributed by atoms with Gasteiger partial charge in [-0.3, -0.25) is 0 Å². The quantitative estimate of drug-likeness (QED) is 0.348. The van der Waals surface area contributed by atoms with Gasteiger partial charge in [-0.1, -0.05) is 0 Å². The average molecular weight is 477 g/mol. The summed E-state index contributed by atoms with van der Waals surface area (Å²) in [6.07, 6.45) is 6.61. The van der Waals surface area contributed by atoms with E-state index in [4.69, 9.17) is 0 Å². The summed E-state index contributed by atoms with van der Waals surface area (Å²) in [6, 6.07) is 13.4. The first-order valence-electron chi connectivity index (χ1n) is 8.10. The average Bonchev–Trinajstić information content (AvgIpc) is 2.68. The molecule has 0 atom stereocenters. The molecule has 0 unspecified atom stereocenters. The van der Waals surface area contributed by atoms with Crippen LogP contribution in [0.2, 0.25) is 0 Å². The van der Waals surface area contributed by atoms with Crippen molar-refractivity contribution in [2.75, 3.05) is 11.2 Å². The van der Waals surface area contributed by atoms with Crippen LogP contribution in [0, 0.1) is 3.57 Å². The zero-order chi connectivity index (χ0) is 18.5. The van der Waals surface area contributed by atoms with Crippen molar-refractivity contribution in [1.82, 2.24) is 4.92 Å². The number of rotatable bonds is 5. The number of benzene rings is 2. The number of carbonyl (C=O) groups is 1. The summed E-state index contributed by atoms with van der Waals surface area (Å²) in [7, 11) is -1.07. The molecular formula is C19H19BIN2O2S-. The number of thioether (sulfide) groups is 1. The van der Waals surface area contributed by atoms with Gasteiger partial charge in [0.1, 0.15) is 0 Å². The van der Waals surface area contributed by atoms with Crippen molar-refractivity contribution in [2.24, 2.45) is 5.10 Å². The molecular weight excluding hydrogens is 458 g/mol. The van der Waals surface area contributed by atoms with Crippen LogP contribution < -0.4 is 26.7 Å². The number of hydrazone groups is 1. The molecule has 0 radical (unpaired) electrons. The zero-order valence-electron chi connectivity index (χ0n) is 14.6. The molecule has 0 fully saturated rings. The van der Waals surface area contributed by atoms with E-state index in [1.54, 1.807) is 24.0 Å². The number of fused-ring (bicyclic) bond motifs is 1. The van der Waals surface area contributed by atoms with Crippen LogP contribution in [0.25, 0.3) is 0 Å². The Kier molecular flexibility index (Phi) is 6.55. The van der Waals surface area contributed by atoms with Gasteiger partial charge in [0.2, 0.25) is 0 Å². The molecule has 1 aliphatic rings. The standard InChI is InChI=1S/C19H19BIN2O2S/c1-21-18-8-4-3-7-16(18)19(24)23-20(25)17-10-9-14(6-5-11-26-2)12-15(17)13-22-23/h3-5,7-13,25H,6H2,1-2H3/q-1/b11-5+. The molecule has 1 N–H and O–H groups in total. The maximum absolute atomic E-state index is 12.9. The molecule has 7 heteroatoms. The third kappa shape index (κ3) is 4.05. The van der Waals surface area contributed by atoms with E-state index >= 15 is 0 Å². The number of carbonyl (C=O) groups excluding carboxylic acids is 1.